The predicted molar refractivity (Wildman–Crippen MR) is 104 cm³/mol. The van der Waals surface area contributed by atoms with Gasteiger partial charge in [-0.2, -0.15) is 10.4 Å². The van der Waals surface area contributed by atoms with Crippen molar-refractivity contribution in [3.05, 3.63) is 51.1 Å². The van der Waals surface area contributed by atoms with Crippen molar-refractivity contribution >= 4 is 33.6 Å². The molecule has 0 bridgehead atoms. The summed E-state index contributed by atoms with van der Waals surface area (Å²) in [4.78, 5) is 6.38. The van der Waals surface area contributed by atoms with E-state index in [0.717, 1.165) is 27.0 Å². The molecule has 1 aromatic heterocycles. The highest BCUT2D eigenvalue weighted by Crippen LogP contribution is 2.25. The largest absolute Gasteiger partial charge is 0.380 e. The summed E-state index contributed by atoms with van der Waals surface area (Å²) in [5, 5.41) is 13.6. The number of pyridine rings is 1. The first-order valence-electron chi connectivity index (χ1n) is 7.61. The smallest absolute Gasteiger partial charge is 0.164 e. The van der Waals surface area contributed by atoms with E-state index in [-0.39, 0.29) is 0 Å². The number of hydrogen-bond donors (Lipinski definition) is 1. The molecule has 1 aromatic carbocycles. The second kappa shape index (κ2) is 8.60. The monoisotopic (exact) mass is 401 g/mol. The predicted octanol–water partition coefficient (Wildman–Crippen LogP) is 3.68. The zero-order chi connectivity index (χ0) is 18.4. The molecular formula is C18H20BrN5O. The van der Waals surface area contributed by atoms with Crippen LogP contribution in [0.15, 0.2) is 33.8 Å². The summed E-state index contributed by atoms with van der Waals surface area (Å²) in [6, 6.07) is 9.96. The van der Waals surface area contributed by atoms with Gasteiger partial charge in [0, 0.05) is 36.9 Å². The zero-order valence-electron chi connectivity index (χ0n) is 14.7. The number of hydrogen-bond acceptors (Lipinski definition) is 6. The van der Waals surface area contributed by atoms with Crippen LogP contribution in [0.25, 0.3) is 0 Å². The molecule has 2 rings (SSSR count). The topological polar surface area (TPSA) is 73.5 Å². The number of methoxy groups -OCH3 is 1. The lowest BCUT2D eigenvalue weighted by Gasteiger charge is -2.14. The van der Waals surface area contributed by atoms with Crippen molar-refractivity contribution in [2.75, 3.05) is 31.5 Å². The van der Waals surface area contributed by atoms with Gasteiger partial charge in [-0.15, -0.1) is 0 Å². The minimum Gasteiger partial charge on any atom is -0.380 e. The normalized spacial score (nSPS) is 10.7. The number of nitrogens with one attached hydrogen (secondary N) is 1. The van der Waals surface area contributed by atoms with Crippen molar-refractivity contribution in [3.8, 4) is 6.07 Å². The van der Waals surface area contributed by atoms with E-state index < -0.39 is 0 Å². The summed E-state index contributed by atoms with van der Waals surface area (Å²) in [5.41, 5.74) is 6.89. The Morgan fingerprint density at radius 3 is 2.76 bits per heavy atom. The molecule has 0 aliphatic heterocycles. The van der Waals surface area contributed by atoms with Crippen LogP contribution in [0, 0.1) is 18.3 Å². The number of aryl methyl sites for hydroxylation is 1. The number of anilines is 2. The number of hydrazone groups is 1. The number of rotatable bonds is 6. The highest BCUT2D eigenvalue weighted by Gasteiger charge is 2.10. The van der Waals surface area contributed by atoms with E-state index in [9.17, 15) is 5.26 Å². The summed E-state index contributed by atoms with van der Waals surface area (Å²) < 4.78 is 6.13. The SMILES string of the molecule is COCc1cc(C)nc(N/N=C\c2ccc(N(C)C)c(Br)c2)c1C#N. The summed E-state index contributed by atoms with van der Waals surface area (Å²) >= 11 is 3.55. The van der Waals surface area contributed by atoms with Gasteiger partial charge in [0.05, 0.1) is 18.5 Å². The maximum atomic E-state index is 9.40. The minimum absolute atomic E-state index is 0.351. The average molecular weight is 402 g/mol. The first kappa shape index (κ1) is 18.9. The third kappa shape index (κ3) is 4.78. The Morgan fingerprint density at radius 2 is 2.16 bits per heavy atom. The van der Waals surface area contributed by atoms with E-state index in [0.29, 0.717) is 18.0 Å². The van der Waals surface area contributed by atoms with Gasteiger partial charge in [-0.3, -0.25) is 5.43 Å². The lowest BCUT2D eigenvalue weighted by atomic mass is 10.1. The fourth-order valence-corrected chi connectivity index (χ4v) is 3.10. The maximum absolute atomic E-state index is 9.40. The Morgan fingerprint density at radius 1 is 1.40 bits per heavy atom. The highest BCUT2D eigenvalue weighted by molar-refractivity contribution is 9.10. The molecule has 6 nitrogen and oxygen atoms in total. The number of benzene rings is 1. The second-order valence-electron chi connectivity index (χ2n) is 5.67. The number of nitriles is 1. The van der Waals surface area contributed by atoms with Crippen molar-refractivity contribution in [2.45, 2.75) is 13.5 Å². The third-order valence-electron chi connectivity index (χ3n) is 3.48. The molecule has 25 heavy (non-hydrogen) atoms. The van der Waals surface area contributed by atoms with Crippen molar-refractivity contribution in [3.63, 3.8) is 0 Å². The van der Waals surface area contributed by atoms with Crippen LogP contribution >= 0.6 is 15.9 Å². The molecule has 0 aliphatic rings. The summed E-state index contributed by atoms with van der Waals surface area (Å²) in [6.45, 7) is 2.22. The Balaban J connectivity index is 2.22. The second-order valence-corrected chi connectivity index (χ2v) is 6.52. The van der Waals surface area contributed by atoms with Crippen LogP contribution in [0.2, 0.25) is 0 Å². The van der Waals surface area contributed by atoms with Crippen molar-refractivity contribution in [1.29, 1.82) is 5.26 Å². The quantitative estimate of drug-likeness (QED) is 0.590. The van der Waals surface area contributed by atoms with Gasteiger partial charge in [0.25, 0.3) is 0 Å². The van der Waals surface area contributed by atoms with Gasteiger partial charge in [0.1, 0.15) is 11.6 Å². The van der Waals surface area contributed by atoms with E-state index in [1.54, 1.807) is 13.3 Å². The number of aromatic nitrogens is 1. The van der Waals surface area contributed by atoms with Gasteiger partial charge >= 0.3 is 0 Å². The van der Waals surface area contributed by atoms with E-state index in [2.05, 4.69) is 37.5 Å². The van der Waals surface area contributed by atoms with Crippen molar-refractivity contribution < 1.29 is 4.74 Å². The lowest BCUT2D eigenvalue weighted by molar-refractivity contribution is 0.184. The Bertz CT molecular complexity index is 827. The van der Waals surface area contributed by atoms with Crippen LogP contribution in [0.3, 0.4) is 0 Å². The van der Waals surface area contributed by atoms with Crippen molar-refractivity contribution in [1.82, 2.24) is 4.98 Å². The van der Waals surface area contributed by atoms with Crippen LogP contribution < -0.4 is 10.3 Å². The standard InChI is InChI=1S/C18H20BrN5O/c1-12-7-14(11-25-4)15(9-20)18(22-12)23-21-10-13-5-6-17(24(2)3)16(19)8-13/h5-8,10H,11H2,1-4H3,(H,22,23)/b21-10-. The minimum atomic E-state index is 0.351. The summed E-state index contributed by atoms with van der Waals surface area (Å²) in [7, 11) is 5.57. The van der Waals surface area contributed by atoms with E-state index in [4.69, 9.17) is 4.74 Å². The molecule has 0 unspecified atom stereocenters. The highest BCUT2D eigenvalue weighted by atomic mass is 79.9. The van der Waals surface area contributed by atoms with Crippen LogP contribution in [-0.2, 0) is 11.3 Å². The van der Waals surface area contributed by atoms with Gasteiger partial charge in [0.2, 0.25) is 0 Å². The van der Waals surface area contributed by atoms with E-state index in [1.165, 1.54) is 0 Å². The molecular weight excluding hydrogens is 382 g/mol. The Kier molecular flexibility index (Phi) is 6.51. The Hall–Kier alpha value is -2.43. The molecule has 0 amide bonds. The molecule has 1 heterocycles. The van der Waals surface area contributed by atoms with Crippen LogP contribution in [0.5, 0.6) is 0 Å². The number of nitrogens with zero attached hydrogens (tertiary/aromatic N) is 4. The Labute approximate surface area is 156 Å². The number of ether oxygens (including phenoxy) is 1. The average Bonchev–Trinajstić information content (AvgIpc) is 2.54. The zero-order valence-corrected chi connectivity index (χ0v) is 16.3. The van der Waals surface area contributed by atoms with Gasteiger partial charge in [0.15, 0.2) is 5.82 Å². The van der Waals surface area contributed by atoms with E-state index in [1.807, 2.05) is 50.2 Å². The molecule has 0 atom stereocenters. The van der Waals surface area contributed by atoms with Crippen molar-refractivity contribution in [2.24, 2.45) is 5.10 Å². The maximum Gasteiger partial charge on any atom is 0.164 e. The number of halogens is 1. The molecule has 130 valence electrons. The first-order valence-corrected chi connectivity index (χ1v) is 8.41. The fraction of sp³-hybridized carbons (Fsp3) is 0.278. The van der Waals surface area contributed by atoms with Gasteiger partial charge in [-0.1, -0.05) is 6.07 Å². The van der Waals surface area contributed by atoms with Gasteiger partial charge in [-0.25, -0.2) is 4.98 Å². The molecule has 0 radical (unpaired) electrons. The van der Waals surface area contributed by atoms with Gasteiger partial charge < -0.3 is 9.64 Å². The molecule has 0 saturated heterocycles. The molecule has 2 aromatic rings. The van der Waals surface area contributed by atoms with Gasteiger partial charge in [-0.05, 0) is 46.6 Å². The third-order valence-corrected chi connectivity index (χ3v) is 4.11. The van der Waals surface area contributed by atoms with E-state index >= 15 is 0 Å². The molecule has 0 spiro atoms. The fourth-order valence-electron chi connectivity index (χ4n) is 2.35. The van der Waals surface area contributed by atoms with Crippen LogP contribution in [0.4, 0.5) is 11.5 Å². The molecule has 0 fully saturated rings. The molecule has 7 heteroatoms. The molecule has 1 N–H and O–H groups in total. The molecule has 0 saturated carbocycles. The lowest BCUT2D eigenvalue weighted by Crippen LogP contribution is -2.09. The van der Waals surface area contributed by atoms with Crippen LogP contribution in [-0.4, -0.2) is 32.4 Å². The molecule has 0 aliphatic carbocycles. The summed E-state index contributed by atoms with van der Waals surface area (Å²) in [5.74, 6) is 0.426. The summed E-state index contributed by atoms with van der Waals surface area (Å²) in [6.07, 6.45) is 1.69. The van der Waals surface area contributed by atoms with Crippen LogP contribution in [0.1, 0.15) is 22.4 Å². The first-order chi connectivity index (χ1) is 12.0.